The summed E-state index contributed by atoms with van der Waals surface area (Å²) in [6.45, 7) is 1.01. The zero-order valence-corrected chi connectivity index (χ0v) is 9.99. The molecule has 0 spiro atoms. The highest BCUT2D eigenvalue weighted by Crippen LogP contribution is 2.13. The third-order valence-electron chi connectivity index (χ3n) is 2.00. The number of aliphatic hydroxyl groups excluding tert-OH is 1. The van der Waals surface area contributed by atoms with Crippen LogP contribution in [0.2, 0.25) is 0 Å². The van der Waals surface area contributed by atoms with Crippen molar-refractivity contribution in [2.45, 2.75) is 6.92 Å². The number of amides is 2. The lowest BCUT2D eigenvalue weighted by Crippen LogP contribution is -2.31. The molecule has 0 bridgehead atoms. The molecule has 0 aromatic heterocycles. The molecule has 1 aromatic carbocycles. The lowest BCUT2D eigenvalue weighted by Gasteiger charge is -2.07. The number of carbonyl (C=O) groups is 2. The van der Waals surface area contributed by atoms with Crippen molar-refractivity contribution in [1.82, 2.24) is 5.32 Å². The van der Waals surface area contributed by atoms with Gasteiger partial charge in [0.25, 0.3) is 0 Å². The van der Waals surface area contributed by atoms with E-state index >= 15 is 0 Å². The van der Waals surface area contributed by atoms with Crippen LogP contribution in [-0.4, -0.2) is 30.1 Å². The smallest absolute Gasteiger partial charge is 0.243 e. The van der Waals surface area contributed by atoms with Gasteiger partial charge < -0.3 is 15.7 Å². The van der Waals surface area contributed by atoms with Gasteiger partial charge in [-0.25, -0.2) is 0 Å². The summed E-state index contributed by atoms with van der Waals surface area (Å²) >= 11 is 0. The minimum Gasteiger partial charge on any atom is -0.384 e. The zero-order valence-electron chi connectivity index (χ0n) is 9.99. The zero-order chi connectivity index (χ0) is 13.4. The minimum atomic E-state index is -0.330. The van der Waals surface area contributed by atoms with E-state index in [9.17, 15) is 9.59 Å². The molecule has 0 radical (unpaired) electrons. The van der Waals surface area contributed by atoms with Gasteiger partial charge in [-0.15, -0.1) is 0 Å². The first kappa shape index (κ1) is 13.7. The quantitative estimate of drug-likeness (QED) is 0.662. The second-order valence-electron chi connectivity index (χ2n) is 3.46. The average molecular weight is 246 g/mol. The fourth-order valence-electron chi connectivity index (χ4n) is 1.24. The van der Waals surface area contributed by atoms with E-state index in [-0.39, 0.29) is 25.0 Å². The molecule has 0 fully saturated rings. The van der Waals surface area contributed by atoms with E-state index in [0.29, 0.717) is 11.3 Å². The van der Waals surface area contributed by atoms with E-state index in [2.05, 4.69) is 22.5 Å². The lowest BCUT2D eigenvalue weighted by molar-refractivity contribution is -0.122. The van der Waals surface area contributed by atoms with Crippen LogP contribution in [0.4, 0.5) is 5.69 Å². The number of hydrogen-bond donors (Lipinski definition) is 3. The predicted molar refractivity (Wildman–Crippen MR) is 67.7 cm³/mol. The Kier molecular flexibility index (Phi) is 5.42. The van der Waals surface area contributed by atoms with Crippen LogP contribution in [0.3, 0.4) is 0 Å². The van der Waals surface area contributed by atoms with Crippen molar-refractivity contribution in [2.75, 3.05) is 18.5 Å². The van der Waals surface area contributed by atoms with Crippen molar-refractivity contribution in [1.29, 1.82) is 0 Å². The van der Waals surface area contributed by atoms with Gasteiger partial charge in [-0.1, -0.05) is 24.0 Å². The molecule has 0 heterocycles. The van der Waals surface area contributed by atoms with Crippen LogP contribution in [-0.2, 0) is 9.59 Å². The molecule has 3 N–H and O–H groups in total. The van der Waals surface area contributed by atoms with Crippen LogP contribution < -0.4 is 10.6 Å². The third-order valence-corrected chi connectivity index (χ3v) is 2.00. The van der Waals surface area contributed by atoms with E-state index in [1.165, 1.54) is 6.92 Å². The maximum atomic E-state index is 11.5. The molecular formula is C13H14N2O3. The van der Waals surface area contributed by atoms with Gasteiger partial charge in [-0.3, -0.25) is 9.59 Å². The van der Waals surface area contributed by atoms with Crippen molar-refractivity contribution >= 4 is 17.5 Å². The number of anilines is 1. The molecule has 18 heavy (non-hydrogen) atoms. The van der Waals surface area contributed by atoms with Gasteiger partial charge in [0.05, 0.1) is 12.2 Å². The Bertz CT molecular complexity index is 500. The van der Waals surface area contributed by atoms with Crippen LogP contribution in [0, 0.1) is 11.8 Å². The summed E-state index contributed by atoms with van der Waals surface area (Å²) in [6, 6.07) is 6.98. The minimum absolute atomic E-state index is 0.0862. The molecule has 1 aromatic rings. The van der Waals surface area contributed by atoms with Gasteiger partial charge in [-0.05, 0) is 12.1 Å². The maximum Gasteiger partial charge on any atom is 0.243 e. The van der Waals surface area contributed by atoms with Crippen LogP contribution in [0.5, 0.6) is 0 Å². The van der Waals surface area contributed by atoms with Crippen molar-refractivity contribution < 1.29 is 14.7 Å². The van der Waals surface area contributed by atoms with Crippen LogP contribution >= 0.6 is 0 Å². The monoisotopic (exact) mass is 246 g/mol. The van der Waals surface area contributed by atoms with Gasteiger partial charge in [0.2, 0.25) is 11.8 Å². The molecule has 0 saturated carbocycles. The summed E-state index contributed by atoms with van der Waals surface area (Å²) in [6.07, 6.45) is 0. The highest BCUT2D eigenvalue weighted by molar-refractivity contribution is 5.95. The van der Waals surface area contributed by atoms with E-state index in [4.69, 9.17) is 5.11 Å². The molecule has 1 rings (SSSR count). The van der Waals surface area contributed by atoms with Crippen molar-refractivity contribution in [3.05, 3.63) is 29.8 Å². The van der Waals surface area contributed by atoms with Crippen molar-refractivity contribution in [3.63, 3.8) is 0 Å². The summed E-state index contributed by atoms with van der Waals surface area (Å²) in [5, 5.41) is 13.7. The summed E-state index contributed by atoms with van der Waals surface area (Å²) in [5.74, 6) is 4.65. The molecule has 0 unspecified atom stereocenters. The Labute approximate surface area is 105 Å². The van der Waals surface area contributed by atoms with Crippen LogP contribution in [0.25, 0.3) is 0 Å². The number of aliphatic hydroxyl groups is 1. The second kappa shape index (κ2) is 7.09. The Morgan fingerprint density at radius 1 is 1.33 bits per heavy atom. The Hall–Kier alpha value is -2.32. The molecule has 5 nitrogen and oxygen atoms in total. The third kappa shape index (κ3) is 4.68. The summed E-state index contributed by atoms with van der Waals surface area (Å²) in [4.78, 5) is 22.2. The summed E-state index contributed by atoms with van der Waals surface area (Å²) in [5.41, 5.74) is 1.16. The average Bonchev–Trinajstić information content (AvgIpc) is 2.35. The fraction of sp³-hybridized carbons (Fsp3) is 0.231. The first-order chi connectivity index (χ1) is 8.63. The first-order valence-electron chi connectivity index (χ1n) is 5.36. The van der Waals surface area contributed by atoms with E-state index < -0.39 is 0 Å². The molecule has 0 saturated heterocycles. The van der Waals surface area contributed by atoms with Gasteiger partial charge in [0.15, 0.2) is 0 Å². The highest BCUT2D eigenvalue weighted by atomic mass is 16.2. The van der Waals surface area contributed by atoms with Crippen LogP contribution in [0.1, 0.15) is 12.5 Å². The van der Waals surface area contributed by atoms with E-state index in [0.717, 1.165) is 0 Å². The Morgan fingerprint density at radius 2 is 2.06 bits per heavy atom. The van der Waals surface area contributed by atoms with Crippen molar-refractivity contribution in [2.24, 2.45) is 0 Å². The Morgan fingerprint density at radius 3 is 2.72 bits per heavy atom. The molecule has 2 amide bonds. The number of para-hydroxylation sites is 1. The van der Waals surface area contributed by atoms with Gasteiger partial charge >= 0.3 is 0 Å². The maximum absolute atomic E-state index is 11.5. The molecule has 5 heteroatoms. The van der Waals surface area contributed by atoms with Crippen LogP contribution in [0.15, 0.2) is 24.3 Å². The summed E-state index contributed by atoms with van der Waals surface area (Å²) < 4.78 is 0. The predicted octanol–water partition coefficient (Wildman–Crippen LogP) is 0.105. The van der Waals surface area contributed by atoms with E-state index in [1.54, 1.807) is 24.3 Å². The fourth-order valence-corrected chi connectivity index (χ4v) is 1.24. The molecule has 0 aliphatic carbocycles. The van der Waals surface area contributed by atoms with Gasteiger partial charge in [-0.2, -0.15) is 0 Å². The SMILES string of the molecule is CC(=O)NCC(=O)Nc1ccccc1C#CCO. The number of nitrogens with one attached hydrogen (secondary N) is 2. The number of carbonyl (C=O) groups excluding carboxylic acids is 2. The molecule has 94 valence electrons. The number of benzene rings is 1. The molecule has 0 aliphatic rings. The standard InChI is InChI=1S/C13H14N2O3/c1-10(17)14-9-13(18)15-12-7-3-2-5-11(12)6-4-8-16/h2-3,5,7,16H,8-9H2,1H3,(H,14,17)(H,15,18). The van der Waals surface area contributed by atoms with Crippen molar-refractivity contribution in [3.8, 4) is 11.8 Å². The normalized spacial score (nSPS) is 9.00. The summed E-state index contributed by atoms with van der Waals surface area (Å²) in [7, 11) is 0. The number of rotatable bonds is 3. The molecule has 0 aliphatic heterocycles. The van der Waals surface area contributed by atoms with Gasteiger partial charge in [0.1, 0.15) is 6.61 Å². The largest absolute Gasteiger partial charge is 0.384 e. The highest BCUT2D eigenvalue weighted by Gasteiger charge is 2.05. The first-order valence-corrected chi connectivity index (χ1v) is 5.36. The number of hydrogen-bond acceptors (Lipinski definition) is 3. The van der Waals surface area contributed by atoms with Gasteiger partial charge in [0, 0.05) is 12.5 Å². The molecule has 0 atom stereocenters. The molecular weight excluding hydrogens is 232 g/mol. The lowest BCUT2D eigenvalue weighted by atomic mass is 10.2. The Balaban J connectivity index is 2.71. The van der Waals surface area contributed by atoms with E-state index in [1.807, 2.05) is 0 Å². The second-order valence-corrected chi connectivity index (χ2v) is 3.46. The topological polar surface area (TPSA) is 78.4 Å².